The maximum Gasteiger partial charge on any atom is 0.306 e. The minimum absolute atomic E-state index is 0.160. The highest BCUT2D eigenvalue weighted by atomic mass is 19.1. The van der Waals surface area contributed by atoms with Gasteiger partial charge in [0.15, 0.2) is 0 Å². The third-order valence-electron chi connectivity index (χ3n) is 2.93. The van der Waals surface area contributed by atoms with Crippen LogP contribution in [-0.4, -0.2) is 13.1 Å². The fraction of sp³-hybridized carbons (Fsp3) is 0.462. The summed E-state index contributed by atoms with van der Waals surface area (Å²) in [6.45, 7) is 5.65. The highest BCUT2D eigenvalue weighted by Crippen LogP contribution is 2.27. The van der Waals surface area contributed by atoms with E-state index in [1.165, 1.54) is 13.2 Å². The van der Waals surface area contributed by atoms with Crippen molar-refractivity contribution in [3.05, 3.63) is 34.6 Å². The first-order chi connectivity index (χ1) is 7.47. The normalized spacial score (nSPS) is 12.3. The van der Waals surface area contributed by atoms with Crippen LogP contribution in [0.25, 0.3) is 0 Å². The highest BCUT2D eigenvalue weighted by molar-refractivity contribution is 5.70. The molecule has 0 radical (unpaired) electrons. The summed E-state index contributed by atoms with van der Waals surface area (Å²) >= 11 is 0. The van der Waals surface area contributed by atoms with E-state index in [4.69, 9.17) is 0 Å². The zero-order chi connectivity index (χ0) is 12.3. The van der Waals surface area contributed by atoms with Crippen LogP contribution in [0.5, 0.6) is 0 Å². The number of carbonyl (C=O) groups excluding carboxylic acids is 1. The lowest BCUT2D eigenvalue weighted by atomic mass is 9.91. The van der Waals surface area contributed by atoms with Gasteiger partial charge in [0.25, 0.3) is 0 Å². The Morgan fingerprint density at radius 2 is 2.06 bits per heavy atom. The lowest BCUT2D eigenvalue weighted by molar-refractivity contribution is -0.140. The number of benzene rings is 1. The van der Waals surface area contributed by atoms with Gasteiger partial charge in [0.05, 0.1) is 13.5 Å². The van der Waals surface area contributed by atoms with Gasteiger partial charge in [-0.25, -0.2) is 4.39 Å². The lowest BCUT2D eigenvalue weighted by Gasteiger charge is -2.16. The van der Waals surface area contributed by atoms with Crippen molar-refractivity contribution in [1.29, 1.82) is 0 Å². The SMILES string of the molecule is COC(=O)CC(C)c1c(F)ccc(C)c1C. The fourth-order valence-electron chi connectivity index (χ4n) is 1.84. The van der Waals surface area contributed by atoms with Crippen molar-refractivity contribution in [1.82, 2.24) is 0 Å². The van der Waals surface area contributed by atoms with Crippen LogP contribution in [0.4, 0.5) is 4.39 Å². The first kappa shape index (κ1) is 12.7. The number of aryl methyl sites for hydroxylation is 1. The van der Waals surface area contributed by atoms with Gasteiger partial charge in [-0.2, -0.15) is 0 Å². The number of hydrogen-bond donors (Lipinski definition) is 0. The highest BCUT2D eigenvalue weighted by Gasteiger charge is 2.18. The second kappa shape index (κ2) is 5.10. The number of rotatable bonds is 3. The van der Waals surface area contributed by atoms with Crippen LogP contribution >= 0.6 is 0 Å². The molecule has 0 saturated heterocycles. The monoisotopic (exact) mass is 224 g/mol. The number of carbonyl (C=O) groups is 1. The van der Waals surface area contributed by atoms with Crippen LogP contribution in [0.2, 0.25) is 0 Å². The summed E-state index contributed by atoms with van der Waals surface area (Å²) in [7, 11) is 1.34. The molecule has 16 heavy (non-hydrogen) atoms. The molecule has 1 unspecified atom stereocenters. The van der Waals surface area contributed by atoms with E-state index in [-0.39, 0.29) is 24.1 Å². The molecule has 0 N–H and O–H groups in total. The van der Waals surface area contributed by atoms with Crippen LogP contribution < -0.4 is 0 Å². The second-order valence-corrected chi connectivity index (χ2v) is 4.08. The van der Waals surface area contributed by atoms with Crippen LogP contribution in [0.3, 0.4) is 0 Å². The van der Waals surface area contributed by atoms with E-state index < -0.39 is 0 Å². The maximum atomic E-state index is 13.7. The molecule has 1 atom stereocenters. The summed E-state index contributed by atoms with van der Waals surface area (Å²) < 4.78 is 18.3. The Kier molecular flexibility index (Phi) is 4.05. The van der Waals surface area contributed by atoms with E-state index in [0.717, 1.165) is 11.1 Å². The van der Waals surface area contributed by atoms with E-state index in [9.17, 15) is 9.18 Å². The molecule has 0 aliphatic rings. The Balaban J connectivity index is 3.03. The van der Waals surface area contributed by atoms with Gasteiger partial charge in [-0.05, 0) is 42.5 Å². The summed E-state index contributed by atoms with van der Waals surface area (Å²) in [5.41, 5.74) is 2.56. The Hall–Kier alpha value is -1.38. The summed E-state index contributed by atoms with van der Waals surface area (Å²) in [6, 6.07) is 3.20. The molecular formula is C13H17FO2. The Morgan fingerprint density at radius 3 is 2.62 bits per heavy atom. The molecule has 0 amide bonds. The minimum atomic E-state index is -0.312. The van der Waals surface area contributed by atoms with Gasteiger partial charge in [0.1, 0.15) is 5.82 Å². The largest absolute Gasteiger partial charge is 0.469 e. The molecule has 1 rings (SSSR count). The van der Waals surface area contributed by atoms with E-state index in [1.807, 2.05) is 20.8 Å². The lowest BCUT2D eigenvalue weighted by Crippen LogP contribution is -2.09. The van der Waals surface area contributed by atoms with Crippen LogP contribution in [0, 0.1) is 19.7 Å². The molecule has 1 aromatic rings. The zero-order valence-corrected chi connectivity index (χ0v) is 10.1. The van der Waals surface area contributed by atoms with Crippen molar-refractivity contribution in [3.8, 4) is 0 Å². The van der Waals surface area contributed by atoms with E-state index in [1.54, 1.807) is 6.07 Å². The molecule has 2 nitrogen and oxygen atoms in total. The fourth-order valence-corrected chi connectivity index (χ4v) is 1.84. The predicted octanol–water partition coefficient (Wildman–Crippen LogP) is 3.11. The first-order valence-electron chi connectivity index (χ1n) is 5.29. The molecule has 88 valence electrons. The molecular weight excluding hydrogens is 207 g/mol. The van der Waals surface area contributed by atoms with Gasteiger partial charge in [-0.3, -0.25) is 4.79 Å². The number of halogens is 1. The smallest absolute Gasteiger partial charge is 0.306 e. The topological polar surface area (TPSA) is 26.3 Å². The minimum Gasteiger partial charge on any atom is -0.469 e. The van der Waals surface area contributed by atoms with Crippen molar-refractivity contribution < 1.29 is 13.9 Å². The number of esters is 1. The molecule has 0 fully saturated rings. The summed E-state index contributed by atoms with van der Waals surface area (Å²) in [6.07, 6.45) is 0.206. The Bertz CT molecular complexity index is 399. The molecule has 0 heterocycles. The summed E-state index contributed by atoms with van der Waals surface area (Å²) in [4.78, 5) is 11.2. The van der Waals surface area contributed by atoms with E-state index in [2.05, 4.69) is 4.74 Å². The van der Waals surface area contributed by atoms with Crippen molar-refractivity contribution in [2.75, 3.05) is 7.11 Å². The zero-order valence-electron chi connectivity index (χ0n) is 10.1. The van der Waals surface area contributed by atoms with Crippen molar-refractivity contribution >= 4 is 5.97 Å². The third-order valence-corrected chi connectivity index (χ3v) is 2.93. The molecule has 0 spiro atoms. The standard InChI is InChI=1S/C13H17FO2/c1-8-5-6-11(14)13(10(8)3)9(2)7-12(15)16-4/h5-6,9H,7H2,1-4H3. The number of ether oxygens (including phenoxy) is 1. The third kappa shape index (κ3) is 2.60. The van der Waals surface area contributed by atoms with Crippen molar-refractivity contribution in [2.24, 2.45) is 0 Å². The quantitative estimate of drug-likeness (QED) is 0.737. The first-order valence-corrected chi connectivity index (χ1v) is 5.29. The van der Waals surface area contributed by atoms with Crippen molar-refractivity contribution in [3.63, 3.8) is 0 Å². The number of methoxy groups -OCH3 is 1. The average Bonchev–Trinajstić information content (AvgIpc) is 2.24. The van der Waals surface area contributed by atoms with Gasteiger partial charge in [-0.1, -0.05) is 13.0 Å². The molecule has 0 aliphatic heterocycles. The molecule has 0 aliphatic carbocycles. The summed E-state index contributed by atoms with van der Waals surface area (Å²) in [5, 5.41) is 0. The van der Waals surface area contributed by atoms with Gasteiger partial charge < -0.3 is 4.74 Å². The number of hydrogen-bond acceptors (Lipinski definition) is 2. The predicted molar refractivity (Wildman–Crippen MR) is 60.9 cm³/mol. The maximum absolute atomic E-state index is 13.7. The van der Waals surface area contributed by atoms with Crippen LogP contribution in [-0.2, 0) is 9.53 Å². The molecule has 1 aromatic carbocycles. The summed E-state index contributed by atoms with van der Waals surface area (Å²) in [5.74, 6) is -0.723. The Morgan fingerprint density at radius 1 is 1.44 bits per heavy atom. The van der Waals surface area contributed by atoms with Gasteiger partial charge in [0.2, 0.25) is 0 Å². The molecule has 3 heteroatoms. The average molecular weight is 224 g/mol. The second-order valence-electron chi connectivity index (χ2n) is 4.08. The van der Waals surface area contributed by atoms with Crippen LogP contribution in [0.1, 0.15) is 36.0 Å². The van der Waals surface area contributed by atoms with Crippen molar-refractivity contribution in [2.45, 2.75) is 33.1 Å². The van der Waals surface area contributed by atoms with Gasteiger partial charge in [0, 0.05) is 0 Å². The van der Waals surface area contributed by atoms with E-state index in [0.29, 0.717) is 5.56 Å². The van der Waals surface area contributed by atoms with Gasteiger partial charge >= 0.3 is 5.97 Å². The van der Waals surface area contributed by atoms with E-state index >= 15 is 0 Å². The Labute approximate surface area is 95.4 Å². The molecule has 0 bridgehead atoms. The molecule has 0 saturated carbocycles. The van der Waals surface area contributed by atoms with Gasteiger partial charge in [-0.15, -0.1) is 0 Å². The molecule has 0 aromatic heterocycles. The van der Waals surface area contributed by atoms with Crippen LogP contribution in [0.15, 0.2) is 12.1 Å².